The Morgan fingerprint density at radius 1 is 1.22 bits per heavy atom. The molecule has 1 aromatic rings. The summed E-state index contributed by atoms with van der Waals surface area (Å²) in [6.45, 7) is 6.99. The minimum Gasteiger partial charge on any atom is -0.313 e. The summed E-state index contributed by atoms with van der Waals surface area (Å²) in [6, 6.07) is 7.78. The zero-order valence-electron chi connectivity index (χ0n) is 11.4. The topological polar surface area (TPSA) is 15.3 Å². The van der Waals surface area contributed by atoms with Gasteiger partial charge < -0.3 is 5.32 Å². The third-order valence-electron chi connectivity index (χ3n) is 4.25. The molecule has 0 aromatic heterocycles. The number of rotatable bonds is 2. The molecule has 2 aliphatic rings. The van der Waals surface area contributed by atoms with Crippen molar-refractivity contribution in [3.63, 3.8) is 0 Å². The predicted octanol–water partition coefficient (Wildman–Crippen LogP) is 2.36. The first-order valence-electron chi connectivity index (χ1n) is 7.38. The average Bonchev–Trinajstić information content (AvgIpc) is 2.72. The van der Waals surface area contributed by atoms with Gasteiger partial charge in [0.2, 0.25) is 0 Å². The quantitative estimate of drug-likeness (QED) is 0.859. The zero-order chi connectivity index (χ0) is 12.4. The Hall–Kier alpha value is -0.860. The molecular formula is C16H24N2. The molecule has 2 heteroatoms. The van der Waals surface area contributed by atoms with Crippen molar-refractivity contribution in [3.05, 3.63) is 34.9 Å². The Balaban J connectivity index is 1.68. The van der Waals surface area contributed by atoms with E-state index in [0.29, 0.717) is 6.04 Å². The lowest BCUT2D eigenvalue weighted by atomic mass is 10.1. The minimum absolute atomic E-state index is 0.627. The van der Waals surface area contributed by atoms with E-state index in [1.165, 1.54) is 50.9 Å². The molecule has 0 saturated carbocycles. The molecule has 1 aromatic carbocycles. The third-order valence-corrected chi connectivity index (χ3v) is 4.25. The van der Waals surface area contributed by atoms with E-state index in [9.17, 15) is 0 Å². The van der Waals surface area contributed by atoms with Crippen LogP contribution in [-0.2, 0) is 19.4 Å². The molecule has 1 aliphatic heterocycles. The van der Waals surface area contributed by atoms with E-state index in [2.05, 4.69) is 35.3 Å². The van der Waals surface area contributed by atoms with E-state index in [1.54, 1.807) is 11.1 Å². The van der Waals surface area contributed by atoms with Crippen LogP contribution in [0.15, 0.2) is 18.2 Å². The molecule has 0 bridgehead atoms. The summed E-state index contributed by atoms with van der Waals surface area (Å²) >= 11 is 0. The summed E-state index contributed by atoms with van der Waals surface area (Å²) in [5.41, 5.74) is 4.70. The highest BCUT2D eigenvalue weighted by Crippen LogP contribution is 2.23. The summed E-state index contributed by atoms with van der Waals surface area (Å²) in [5, 5.41) is 3.56. The molecule has 1 unspecified atom stereocenters. The fourth-order valence-electron chi connectivity index (χ4n) is 3.32. The van der Waals surface area contributed by atoms with E-state index in [4.69, 9.17) is 0 Å². The van der Waals surface area contributed by atoms with Gasteiger partial charge in [-0.1, -0.05) is 18.2 Å². The molecule has 1 atom stereocenters. The van der Waals surface area contributed by atoms with Crippen molar-refractivity contribution in [2.24, 2.45) is 0 Å². The first kappa shape index (κ1) is 12.2. The molecule has 98 valence electrons. The van der Waals surface area contributed by atoms with Crippen LogP contribution in [-0.4, -0.2) is 30.6 Å². The number of aryl methyl sites for hydroxylation is 2. The maximum absolute atomic E-state index is 3.56. The van der Waals surface area contributed by atoms with Gasteiger partial charge in [-0.2, -0.15) is 0 Å². The van der Waals surface area contributed by atoms with Gasteiger partial charge in [0.1, 0.15) is 0 Å². The van der Waals surface area contributed by atoms with Crippen molar-refractivity contribution in [1.82, 2.24) is 10.2 Å². The van der Waals surface area contributed by atoms with Gasteiger partial charge in [-0.25, -0.2) is 0 Å². The fourth-order valence-corrected chi connectivity index (χ4v) is 3.32. The second kappa shape index (κ2) is 5.41. The molecule has 1 N–H and O–H groups in total. The summed E-state index contributed by atoms with van der Waals surface area (Å²) in [6.07, 6.45) is 5.21. The number of hydrogen-bond donors (Lipinski definition) is 1. The Bertz CT molecular complexity index is 414. The molecule has 1 heterocycles. The van der Waals surface area contributed by atoms with Crippen LogP contribution in [0.2, 0.25) is 0 Å². The van der Waals surface area contributed by atoms with Crippen LogP contribution in [0.3, 0.4) is 0 Å². The molecule has 2 nitrogen and oxygen atoms in total. The Morgan fingerprint density at radius 3 is 3.06 bits per heavy atom. The molecule has 18 heavy (non-hydrogen) atoms. The third kappa shape index (κ3) is 2.76. The van der Waals surface area contributed by atoms with E-state index in [0.717, 1.165) is 6.54 Å². The van der Waals surface area contributed by atoms with Gasteiger partial charge in [0.05, 0.1) is 0 Å². The van der Waals surface area contributed by atoms with Crippen LogP contribution < -0.4 is 5.32 Å². The number of nitrogens with one attached hydrogen (secondary N) is 1. The molecular weight excluding hydrogens is 220 g/mol. The molecule has 1 aliphatic carbocycles. The van der Waals surface area contributed by atoms with Crippen LogP contribution in [0.5, 0.6) is 0 Å². The summed E-state index contributed by atoms with van der Waals surface area (Å²) in [7, 11) is 0. The summed E-state index contributed by atoms with van der Waals surface area (Å²) in [5.74, 6) is 0. The van der Waals surface area contributed by atoms with Crippen LogP contribution in [0.1, 0.15) is 36.5 Å². The second-order valence-corrected chi connectivity index (χ2v) is 5.90. The fraction of sp³-hybridized carbons (Fsp3) is 0.625. The van der Waals surface area contributed by atoms with Crippen LogP contribution in [0.25, 0.3) is 0 Å². The first-order chi connectivity index (χ1) is 8.81. The Labute approximate surface area is 110 Å². The standard InChI is InChI=1S/C16H24N2/c1-13-11-18(9-3-8-17-13)12-14-6-7-15-4-2-5-16(15)10-14/h6-7,10,13,17H,2-5,8-9,11-12H2,1H3. The van der Waals surface area contributed by atoms with Gasteiger partial charge in [0.25, 0.3) is 0 Å². The Morgan fingerprint density at radius 2 is 2.11 bits per heavy atom. The van der Waals surface area contributed by atoms with E-state index >= 15 is 0 Å². The number of fused-ring (bicyclic) bond motifs is 1. The highest BCUT2D eigenvalue weighted by Gasteiger charge is 2.15. The van der Waals surface area contributed by atoms with Crippen LogP contribution in [0, 0.1) is 0 Å². The predicted molar refractivity (Wildman–Crippen MR) is 75.8 cm³/mol. The number of nitrogens with zero attached hydrogens (tertiary/aromatic N) is 1. The second-order valence-electron chi connectivity index (χ2n) is 5.90. The van der Waals surface area contributed by atoms with Gasteiger partial charge in [0, 0.05) is 19.1 Å². The zero-order valence-corrected chi connectivity index (χ0v) is 11.4. The van der Waals surface area contributed by atoms with Crippen molar-refractivity contribution < 1.29 is 0 Å². The van der Waals surface area contributed by atoms with Crippen molar-refractivity contribution in [2.75, 3.05) is 19.6 Å². The largest absolute Gasteiger partial charge is 0.313 e. The number of hydrogen-bond acceptors (Lipinski definition) is 2. The molecule has 0 amide bonds. The summed E-state index contributed by atoms with van der Waals surface area (Å²) < 4.78 is 0. The smallest absolute Gasteiger partial charge is 0.0234 e. The van der Waals surface area contributed by atoms with Gasteiger partial charge >= 0.3 is 0 Å². The lowest BCUT2D eigenvalue weighted by Crippen LogP contribution is -2.34. The van der Waals surface area contributed by atoms with Gasteiger partial charge in [-0.05, 0) is 62.4 Å². The van der Waals surface area contributed by atoms with Crippen molar-refractivity contribution in [1.29, 1.82) is 0 Å². The molecule has 3 rings (SSSR count). The van der Waals surface area contributed by atoms with E-state index in [1.807, 2.05) is 0 Å². The highest BCUT2D eigenvalue weighted by molar-refractivity contribution is 5.35. The monoisotopic (exact) mass is 244 g/mol. The normalized spacial score (nSPS) is 24.8. The summed E-state index contributed by atoms with van der Waals surface area (Å²) in [4.78, 5) is 2.60. The molecule has 0 spiro atoms. The average molecular weight is 244 g/mol. The van der Waals surface area contributed by atoms with Crippen molar-refractivity contribution in [2.45, 2.75) is 45.2 Å². The SMILES string of the molecule is CC1CN(Cc2ccc3c(c2)CCC3)CCCN1. The first-order valence-corrected chi connectivity index (χ1v) is 7.38. The molecule has 1 fully saturated rings. The molecule has 0 radical (unpaired) electrons. The van der Waals surface area contributed by atoms with Crippen molar-refractivity contribution >= 4 is 0 Å². The highest BCUT2D eigenvalue weighted by atomic mass is 15.2. The minimum atomic E-state index is 0.627. The van der Waals surface area contributed by atoms with E-state index < -0.39 is 0 Å². The van der Waals surface area contributed by atoms with Gasteiger partial charge in [-0.15, -0.1) is 0 Å². The lowest BCUT2D eigenvalue weighted by Gasteiger charge is -2.22. The lowest BCUT2D eigenvalue weighted by molar-refractivity contribution is 0.264. The maximum atomic E-state index is 3.56. The number of benzene rings is 1. The van der Waals surface area contributed by atoms with Gasteiger partial charge in [-0.3, -0.25) is 4.90 Å². The van der Waals surface area contributed by atoms with Gasteiger partial charge in [0.15, 0.2) is 0 Å². The van der Waals surface area contributed by atoms with Crippen LogP contribution in [0.4, 0.5) is 0 Å². The Kier molecular flexibility index (Phi) is 3.67. The molecule has 1 saturated heterocycles. The van der Waals surface area contributed by atoms with Crippen LogP contribution >= 0.6 is 0 Å². The maximum Gasteiger partial charge on any atom is 0.0234 e. The van der Waals surface area contributed by atoms with Crippen molar-refractivity contribution in [3.8, 4) is 0 Å². The van der Waals surface area contributed by atoms with E-state index in [-0.39, 0.29) is 0 Å².